The van der Waals surface area contributed by atoms with Crippen molar-refractivity contribution in [2.45, 2.75) is 250 Å². The van der Waals surface area contributed by atoms with Crippen LogP contribution in [0.5, 0.6) is 0 Å². The molecule has 12 nitrogen and oxygen atoms in total. The van der Waals surface area contributed by atoms with Crippen LogP contribution in [0.1, 0.15) is 213 Å². The summed E-state index contributed by atoms with van der Waals surface area (Å²) in [5.74, 6) is -0.410. The van der Waals surface area contributed by atoms with Gasteiger partial charge in [0.15, 0.2) is 6.29 Å². The molecule has 0 saturated carbocycles. The van der Waals surface area contributed by atoms with Crippen LogP contribution in [0.4, 0.5) is 0 Å². The number of hydrogen-bond acceptors (Lipinski definition) is 11. The maximum absolute atomic E-state index is 12.9. The SMILES string of the molecule is CC/C=C\C/C=C\C/C=C\C/C=C\C/C=C\C/C=C\CCCCCCCCCOCC(COC1OC(CO)C(O)C(OS(=O)(=O)O)C1O)OC(=O)CCCCCCCCC/C=C\CCCCCCCCC. The van der Waals surface area contributed by atoms with Crippen molar-refractivity contribution >= 4 is 16.4 Å². The third-order valence-electron chi connectivity index (χ3n) is 12.3. The number of aliphatic hydroxyl groups is 3. The Morgan fingerprint density at radius 3 is 1.44 bits per heavy atom. The van der Waals surface area contributed by atoms with Crippen molar-refractivity contribution in [3.05, 3.63) is 85.1 Å². The smallest absolute Gasteiger partial charge is 0.397 e. The van der Waals surface area contributed by atoms with Crippen molar-refractivity contribution in [3.8, 4) is 0 Å². The van der Waals surface area contributed by atoms with Crippen LogP contribution >= 0.6 is 0 Å². The second kappa shape index (κ2) is 48.2. The van der Waals surface area contributed by atoms with Crippen molar-refractivity contribution in [2.75, 3.05) is 26.4 Å². The number of allylic oxidation sites excluding steroid dienone is 14. The number of carbonyl (C=O) groups is 1. The Kier molecular flexibility index (Phi) is 45.0. The highest BCUT2D eigenvalue weighted by atomic mass is 32.3. The Morgan fingerprint density at radius 2 is 0.972 bits per heavy atom. The van der Waals surface area contributed by atoms with Gasteiger partial charge in [-0.15, -0.1) is 0 Å². The summed E-state index contributed by atoms with van der Waals surface area (Å²) in [4.78, 5) is 12.9. The molecular formula is C58H100O12S. The second-order valence-corrected chi connectivity index (χ2v) is 19.8. The minimum Gasteiger partial charge on any atom is -0.457 e. The van der Waals surface area contributed by atoms with Crippen LogP contribution in [0.25, 0.3) is 0 Å². The van der Waals surface area contributed by atoms with Gasteiger partial charge in [-0.25, -0.2) is 4.18 Å². The number of aliphatic hydroxyl groups excluding tert-OH is 3. The van der Waals surface area contributed by atoms with Gasteiger partial charge in [-0.1, -0.05) is 202 Å². The summed E-state index contributed by atoms with van der Waals surface area (Å²) >= 11 is 0. The summed E-state index contributed by atoms with van der Waals surface area (Å²) in [6.07, 6.45) is 56.1. The number of esters is 1. The van der Waals surface area contributed by atoms with E-state index in [-0.39, 0.29) is 19.6 Å². The van der Waals surface area contributed by atoms with E-state index in [1.807, 2.05) is 0 Å². The largest absolute Gasteiger partial charge is 0.457 e. The number of unbranched alkanes of at least 4 members (excludes halogenated alkanes) is 21. The van der Waals surface area contributed by atoms with Gasteiger partial charge in [0.1, 0.15) is 30.5 Å². The van der Waals surface area contributed by atoms with E-state index in [1.165, 1.54) is 89.9 Å². The fraction of sp³-hybridized carbons (Fsp3) is 0.741. The van der Waals surface area contributed by atoms with Crippen LogP contribution in [0.15, 0.2) is 85.1 Å². The molecule has 0 aromatic heterocycles. The van der Waals surface area contributed by atoms with Gasteiger partial charge in [0.25, 0.3) is 0 Å². The minimum atomic E-state index is -5.07. The van der Waals surface area contributed by atoms with Gasteiger partial charge in [-0.05, 0) is 89.9 Å². The third-order valence-corrected chi connectivity index (χ3v) is 12.7. The molecule has 1 fully saturated rings. The summed E-state index contributed by atoms with van der Waals surface area (Å²) in [5.41, 5.74) is 0. The molecule has 0 spiro atoms. The molecule has 0 radical (unpaired) electrons. The molecule has 0 aromatic carbocycles. The van der Waals surface area contributed by atoms with Gasteiger partial charge < -0.3 is 34.3 Å². The maximum atomic E-state index is 12.9. The Morgan fingerprint density at radius 1 is 0.549 bits per heavy atom. The topological polar surface area (TPSA) is 178 Å². The first-order valence-electron chi connectivity index (χ1n) is 27.8. The van der Waals surface area contributed by atoms with Gasteiger partial charge in [-0.2, -0.15) is 8.42 Å². The Bertz CT molecular complexity index is 1550. The molecule has 6 atom stereocenters. The maximum Gasteiger partial charge on any atom is 0.397 e. The third kappa shape index (κ3) is 41.3. The predicted molar refractivity (Wildman–Crippen MR) is 289 cm³/mol. The monoisotopic (exact) mass is 1020 g/mol. The number of rotatable bonds is 48. The molecule has 0 aliphatic carbocycles. The molecular weight excluding hydrogens is 921 g/mol. The first kappa shape index (κ1) is 66.3. The van der Waals surface area contributed by atoms with Gasteiger partial charge in [0, 0.05) is 13.0 Å². The number of ether oxygens (including phenoxy) is 4. The quantitative estimate of drug-likeness (QED) is 0.0196. The number of carbonyl (C=O) groups excluding carboxylic acids is 1. The molecule has 71 heavy (non-hydrogen) atoms. The highest BCUT2D eigenvalue weighted by Crippen LogP contribution is 2.26. The normalized spacial score (nSPS) is 19.7. The Hall–Kier alpha value is -2.72. The average Bonchev–Trinajstić information content (AvgIpc) is 3.35. The lowest BCUT2D eigenvalue weighted by Gasteiger charge is -2.41. The first-order valence-corrected chi connectivity index (χ1v) is 29.2. The Balaban J connectivity index is 2.34. The minimum absolute atomic E-state index is 0.0223. The van der Waals surface area contributed by atoms with Crippen LogP contribution in [-0.2, 0) is 38.3 Å². The predicted octanol–water partition coefficient (Wildman–Crippen LogP) is 13.6. The fourth-order valence-electron chi connectivity index (χ4n) is 8.08. The van der Waals surface area contributed by atoms with Crippen molar-refractivity contribution in [1.29, 1.82) is 0 Å². The van der Waals surface area contributed by atoms with Gasteiger partial charge in [0.05, 0.1) is 19.8 Å². The van der Waals surface area contributed by atoms with Crippen molar-refractivity contribution in [1.82, 2.24) is 0 Å². The molecule has 0 bridgehead atoms. The van der Waals surface area contributed by atoms with Crippen LogP contribution < -0.4 is 0 Å². The van der Waals surface area contributed by atoms with E-state index >= 15 is 0 Å². The zero-order valence-electron chi connectivity index (χ0n) is 44.3. The molecule has 0 amide bonds. The van der Waals surface area contributed by atoms with E-state index < -0.39 is 59.8 Å². The van der Waals surface area contributed by atoms with E-state index in [2.05, 4.69) is 103 Å². The molecule has 6 unspecified atom stereocenters. The van der Waals surface area contributed by atoms with E-state index in [0.717, 1.165) is 96.3 Å². The number of hydrogen-bond donors (Lipinski definition) is 4. The standard InChI is InChI=1S/C58H100O12S/c1-3-5-7-9-11-13-15-17-19-21-23-24-25-26-27-28-29-30-32-34-36-38-40-42-44-46-48-66-50-52(51-67-58-56(62)57(70-71(63,64)65)55(61)53(49-59)69-58)68-54(60)47-45-43-41-39-37-35-33-31-22-20-18-16-14-12-10-8-6-4-2/h5,7,11,13,17,19-20,22-24,26-27,29-30,52-53,55-59,61-62H,3-4,6,8-10,12,14-16,18,21,25,28,31-51H2,1-2H3,(H,63,64,65)/b7-5-,13-11-,19-17-,22-20-,24-23-,27-26-,30-29-. The molecule has 13 heteroatoms. The van der Waals surface area contributed by atoms with Crippen molar-refractivity contribution in [3.63, 3.8) is 0 Å². The van der Waals surface area contributed by atoms with Gasteiger partial charge in [0.2, 0.25) is 0 Å². The van der Waals surface area contributed by atoms with E-state index in [1.54, 1.807) is 0 Å². The zero-order valence-corrected chi connectivity index (χ0v) is 45.1. The van der Waals surface area contributed by atoms with Crippen LogP contribution in [0, 0.1) is 0 Å². The van der Waals surface area contributed by atoms with Crippen LogP contribution in [0.2, 0.25) is 0 Å². The van der Waals surface area contributed by atoms with Crippen LogP contribution in [0.3, 0.4) is 0 Å². The highest BCUT2D eigenvalue weighted by Gasteiger charge is 2.48. The van der Waals surface area contributed by atoms with Crippen molar-refractivity contribution < 1.29 is 56.2 Å². The summed E-state index contributed by atoms with van der Waals surface area (Å²) in [6, 6.07) is 0. The summed E-state index contributed by atoms with van der Waals surface area (Å²) in [6.45, 7) is 3.85. The van der Waals surface area contributed by atoms with E-state index in [4.69, 9.17) is 18.9 Å². The molecule has 0 aromatic rings. The average molecular weight is 1020 g/mol. The lowest BCUT2D eigenvalue weighted by atomic mass is 9.99. The van der Waals surface area contributed by atoms with E-state index in [0.29, 0.717) is 13.0 Å². The summed E-state index contributed by atoms with van der Waals surface area (Å²) < 4.78 is 59.4. The van der Waals surface area contributed by atoms with Gasteiger partial charge >= 0.3 is 16.4 Å². The van der Waals surface area contributed by atoms with Crippen molar-refractivity contribution in [2.24, 2.45) is 0 Å². The molecule has 1 saturated heterocycles. The molecule has 1 aliphatic rings. The van der Waals surface area contributed by atoms with Gasteiger partial charge in [-0.3, -0.25) is 9.35 Å². The lowest BCUT2D eigenvalue weighted by Crippen LogP contribution is -2.60. The lowest BCUT2D eigenvalue weighted by molar-refractivity contribution is -0.301. The van der Waals surface area contributed by atoms with Crippen LogP contribution in [-0.4, -0.2) is 97.5 Å². The molecule has 1 aliphatic heterocycles. The molecule has 1 heterocycles. The summed E-state index contributed by atoms with van der Waals surface area (Å²) in [7, 11) is -5.07. The molecule has 4 N–H and O–H groups in total. The molecule has 1 rings (SSSR count). The fourth-order valence-corrected chi connectivity index (χ4v) is 8.59. The second-order valence-electron chi connectivity index (χ2n) is 18.8. The first-order chi connectivity index (χ1) is 34.6. The Labute approximate surface area is 432 Å². The molecule has 410 valence electrons. The zero-order chi connectivity index (χ0) is 51.7. The van der Waals surface area contributed by atoms with E-state index in [9.17, 15) is 33.1 Å². The highest BCUT2D eigenvalue weighted by molar-refractivity contribution is 7.80. The summed E-state index contributed by atoms with van der Waals surface area (Å²) in [5, 5.41) is 30.8.